The van der Waals surface area contributed by atoms with Crippen molar-refractivity contribution in [2.75, 3.05) is 39.5 Å². The van der Waals surface area contributed by atoms with Gasteiger partial charge in [-0.2, -0.15) is 0 Å². The first-order valence-electron chi connectivity index (χ1n) is 11.5. The largest absolute Gasteiger partial charge is 0.484 e. The molecule has 2 aliphatic rings. The Labute approximate surface area is 193 Å². The van der Waals surface area contributed by atoms with E-state index in [2.05, 4.69) is 22.0 Å². The topological polar surface area (TPSA) is 72.7 Å². The number of morpholine rings is 1. The van der Waals surface area contributed by atoms with Crippen molar-refractivity contribution < 1.29 is 14.3 Å². The normalized spacial score (nSPS) is 19.0. The summed E-state index contributed by atoms with van der Waals surface area (Å²) >= 11 is 0. The maximum absolute atomic E-state index is 13.0. The SMILES string of the molecule is O=C(COc1ccc(CN2CCOCC2)cc1)N1CCC[C@@H]1c1cccc(-n2ccnc2)n1. The van der Waals surface area contributed by atoms with Gasteiger partial charge in [-0.25, -0.2) is 9.97 Å². The molecule has 2 saturated heterocycles. The van der Waals surface area contributed by atoms with E-state index in [-0.39, 0.29) is 18.6 Å². The Morgan fingerprint density at radius 2 is 1.94 bits per heavy atom. The summed E-state index contributed by atoms with van der Waals surface area (Å²) < 4.78 is 13.1. The maximum Gasteiger partial charge on any atom is 0.261 e. The van der Waals surface area contributed by atoms with Crippen LogP contribution in [0.5, 0.6) is 5.75 Å². The molecular weight excluding hydrogens is 418 g/mol. The van der Waals surface area contributed by atoms with Gasteiger partial charge in [-0.05, 0) is 42.7 Å². The van der Waals surface area contributed by atoms with Crippen molar-refractivity contribution in [3.8, 4) is 11.6 Å². The third-order valence-corrected chi connectivity index (χ3v) is 6.23. The number of hydrogen-bond acceptors (Lipinski definition) is 6. The predicted molar refractivity (Wildman–Crippen MR) is 123 cm³/mol. The number of carbonyl (C=O) groups excluding carboxylic acids is 1. The highest BCUT2D eigenvalue weighted by molar-refractivity contribution is 5.78. The summed E-state index contributed by atoms with van der Waals surface area (Å²) in [4.78, 5) is 26.1. The maximum atomic E-state index is 13.0. The Bertz CT molecular complexity index is 1050. The third-order valence-electron chi connectivity index (χ3n) is 6.23. The van der Waals surface area contributed by atoms with E-state index < -0.39 is 0 Å². The molecule has 0 N–H and O–H groups in total. The lowest BCUT2D eigenvalue weighted by molar-refractivity contribution is -0.134. The molecule has 0 bridgehead atoms. The molecule has 8 nitrogen and oxygen atoms in total. The van der Waals surface area contributed by atoms with Gasteiger partial charge in [0.2, 0.25) is 0 Å². The van der Waals surface area contributed by atoms with Crippen LogP contribution in [0.4, 0.5) is 0 Å². The van der Waals surface area contributed by atoms with Gasteiger partial charge in [0.1, 0.15) is 17.9 Å². The van der Waals surface area contributed by atoms with Crippen molar-refractivity contribution in [2.24, 2.45) is 0 Å². The average Bonchev–Trinajstić information content (AvgIpc) is 3.57. The standard InChI is InChI=1S/C25H29N5O3/c31-25(18-33-21-8-6-20(7-9-21)17-28-13-15-32-16-14-28)30-11-2-4-23(30)22-3-1-5-24(27-22)29-12-10-26-19-29/h1,3,5-10,12,19,23H,2,4,11,13-18H2/t23-/m1/s1. The Hall–Kier alpha value is -3.23. The summed E-state index contributed by atoms with van der Waals surface area (Å²) in [6.07, 6.45) is 7.19. The zero-order chi connectivity index (χ0) is 22.5. The molecule has 2 aromatic heterocycles. The molecule has 1 amide bonds. The van der Waals surface area contributed by atoms with Crippen LogP contribution in [0.1, 0.15) is 30.1 Å². The van der Waals surface area contributed by atoms with Gasteiger partial charge in [-0.3, -0.25) is 14.3 Å². The second-order valence-corrected chi connectivity index (χ2v) is 8.46. The molecule has 3 aromatic rings. The highest BCUT2D eigenvalue weighted by Crippen LogP contribution is 2.31. The quantitative estimate of drug-likeness (QED) is 0.555. The first-order chi connectivity index (χ1) is 16.3. The summed E-state index contributed by atoms with van der Waals surface area (Å²) in [6, 6.07) is 13.9. The first-order valence-corrected chi connectivity index (χ1v) is 11.5. The number of pyridine rings is 1. The molecule has 2 fully saturated rings. The number of benzene rings is 1. The smallest absolute Gasteiger partial charge is 0.261 e. The average molecular weight is 448 g/mol. The van der Waals surface area contributed by atoms with Gasteiger partial charge < -0.3 is 14.4 Å². The molecule has 8 heteroatoms. The van der Waals surface area contributed by atoms with E-state index in [9.17, 15) is 4.79 Å². The molecule has 5 rings (SSSR count). The van der Waals surface area contributed by atoms with Crippen molar-refractivity contribution in [1.82, 2.24) is 24.3 Å². The van der Waals surface area contributed by atoms with Crippen LogP contribution in [-0.4, -0.2) is 69.7 Å². The number of likely N-dealkylation sites (tertiary alicyclic amines) is 1. The number of aromatic nitrogens is 3. The number of rotatable bonds is 7. The molecule has 0 unspecified atom stereocenters. The molecular formula is C25H29N5O3. The summed E-state index contributed by atoms with van der Waals surface area (Å²) in [5.41, 5.74) is 2.14. The molecule has 0 radical (unpaired) electrons. The lowest BCUT2D eigenvalue weighted by Gasteiger charge is -2.26. The van der Waals surface area contributed by atoms with Crippen LogP contribution in [0.15, 0.2) is 61.2 Å². The zero-order valence-electron chi connectivity index (χ0n) is 18.7. The molecule has 1 atom stereocenters. The molecule has 4 heterocycles. The van der Waals surface area contributed by atoms with Crippen LogP contribution in [0.2, 0.25) is 0 Å². The first kappa shape index (κ1) is 21.6. The van der Waals surface area contributed by atoms with Crippen molar-refractivity contribution >= 4 is 5.91 Å². The van der Waals surface area contributed by atoms with Gasteiger partial charge in [0.15, 0.2) is 6.61 Å². The van der Waals surface area contributed by atoms with Gasteiger partial charge in [0.25, 0.3) is 5.91 Å². The minimum absolute atomic E-state index is 0.00951. The van der Waals surface area contributed by atoms with Crippen LogP contribution in [0, 0.1) is 0 Å². The number of carbonyl (C=O) groups is 1. The van der Waals surface area contributed by atoms with E-state index in [1.165, 1.54) is 5.56 Å². The molecule has 172 valence electrons. The van der Waals surface area contributed by atoms with E-state index in [4.69, 9.17) is 14.5 Å². The number of imidazole rings is 1. The minimum Gasteiger partial charge on any atom is -0.484 e. The summed E-state index contributed by atoms with van der Waals surface area (Å²) in [5.74, 6) is 1.51. The van der Waals surface area contributed by atoms with E-state index >= 15 is 0 Å². The van der Waals surface area contributed by atoms with E-state index in [0.717, 1.165) is 63.7 Å². The minimum atomic E-state index is -0.0273. The van der Waals surface area contributed by atoms with Gasteiger partial charge in [0, 0.05) is 38.6 Å². The van der Waals surface area contributed by atoms with Crippen molar-refractivity contribution in [2.45, 2.75) is 25.4 Å². The molecule has 1 aromatic carbocycles. The van der Waals surface area contributed by atoms with Crippen LogP contribution >= 0.6 is 0 Å². The van der Waals surface area contributed by atoms with Crippen LogP contribution < -0.4 is 4.74 Å². The van der Waals surface area contributed by atoms with Gasteiger partial charge >= 0.3 is 0 Å². The molecule has 0 saturated carbocycles. The molecule has 33 heavy (non-hydrogen) atoms. The third kappa shape index (κ3) is 5.23. The predicted octanol–water partition coefficient (Wildman–Crippen LogP) is 2.84. The monoisotopic (exact) mass is 447 g/mol. The van der Waals surface area contributed by atoms with Crippen molar-refractivity contribution in [1.29, 1.82) is 0 Å². The Balaban J connectivity index is 1.18. The van der Waals surface area contributed by atoms with Crippen molar-refractivity contribution in [3.05, 3.63) is 72.4 Å². The fraction of sp³-hybridized carbons (Fsp3) is 0.400. The summed E-state index contributed by atoms with van der Waals surface area (Å²) in [6.45, 7) is 5.17. The second-order valence-electron chi connectivity index (χ2n) is 8.46. The van der Waals surface area contributed by atoms with Crippen molar-refractivity contribution in [3.63, 3.8) is 0 Å². The number of amides is 1. The molecule has 2 aliphatic heterocycles. The second kappa shape index (κ2) is 10.1. The Morgan fingerprint density at radius 1 is 1.09 bits per heavy atom. The van der Waals surface area contributed by atoms with E-state index in [1.54, 1.807) is 12.5 Å². The molecule has 0 spiro atoms. The lowest BCUT2D eigenvalue weighted by Crippen LogP contribution is -2.35. The number of nitrogens with zero attached hydrogens (tertiary/aromatic N) is 5. The van der Waals surface area contributed by atoms with E-state index in [0.29, 0.717) is 5.75 Å². The van der Waals surface area contributed by atoms with Crippen LogP contribution in [0.25, 0.3) is 5.82 Å². The number of hydrogen-bond donors (Lipinski definition) is 0. The summed E-state index contributed by atoms with van der Waals surface area (Å²) in [7, 11) is 0. The lowest BCUT2D eigenvalue weighted by atomic mass is 10.1. The van der Waals surface area contributed by atoms with Gasteiger partial charge in [0.05, 0.1) is 24.9 Å². The highest BCUT2D eigenvalue weighted by atomic mass is 16.5. The fourth-order valence-electron chi connectivity index (χ4n) is 4.47. The summed E-state index contributed by atoms with van der Waals surface area (Å²) in [5, 5.41) is 0. The fourth-order valence-corrected chi connectivity index (χ4v) is 4.47. The Morgan fingerprint density at radius 3 is 2.73 bits per heavy atom. The highest BCUT2D eigenvalue weighted by Gasteiger charge is 2.31. The zero-order valence-corrected chi connectivity index (χ0v) is 18.7. The molecule has 0 aliphatic carbocycles. The van der Waals surface area contributed by atoms with Gasteiger partial charge in [-0.1, -0.05) is 18.2 Å². The van der Waals surface area contributed by atoms with Crippen LogP contribution in [0.3, 0.4) is 0 Å². The Kier molecular flexibility index (Phi) is 6.64. The van der Waals surface area contributed by atoms with E-state index in [1.807, 2.05) is 46.0 Å². The van der Waals surface area contributed by atoms with Gasteiger partial charge in [-0.15, -0.1) is 0 Å². The number of ether oxygens (including phenoxy) is 2. The van der Waals surface area contributed by atoms with Crippen LogP contribution in [-0.2, 0) is 16.1 Å².